The molecule has 3 nitrogen and oxygen atoms in total. The van der Waals surface area contributed by atoms with Gasteiger partial charge in [0, 0.05) is 6.04 Å². The third kappa shape index (κ3) is 2.54. The van der Waals surface area contributed by atoms with E-state index in [-0.39, 0.29) is 6.04 Å². The van der Waals surface area contributed by atoms with E-state index in [4.69, 9.17) is 0 Å². The van der Waals surface area contributed by atoms with Crippen LogP contribution in [0.3, 0.4) is 0 Å². The monoisotopic (exact) mass is 283 g/mol. The van der Waals surface area contributed by atoms with Crippen LogP contribution < -0.4 is 0 Å². The van der Waals surface area contributed by atoms with Crippen LogP contribution >= 0.6 is 0 Å². The molecular weight excluding hydrogens is 264 g/mol. The minimum Gasteiger partial charge on any atom is -0.480 e. The van der Waals surface area contributed by atoms with Crippen LogP contribution in [0.1, 0.15) is 44.7 Å². The third-order valence-corrected chi connectivity index (χ3v) is 4.30. The Kier molecular flexibility index (Phi) is 4.09. The Hall–Kier alpha value is -1.49. The first-order valence-corrected chi connectivity index (χ1v) is 6.81. The third-order valence-electron chi connectivity index (χ3n) is 4.30. The van der Waals surface area contributed by atoms with Gasteiger partial charge in [0.05, 0.1) is 0 Å². The zero-order valence-electron chi connectivity index (χ0n) is 11.7. The van der Waals surface area contributed by atoms with E-state index in [0.717, 1.165) is 25.0 Å². The molecule has 0 bridgehead atoms. The van der Waals surface area contributed by atoms with Crippen LogP contribution in [0.5, 0.6) is 0 Å². The van der Waals surface area contributed by atoms with Crippen LogP contribution in [0.4, 0.5) is 8.78 Å². The molecule has 1 fully saturated rings. The highest BCUT2D eigenvalue weighted by Gasteiger charge is 2.43. The average Bonchev–Trinajstić information content (AvgIpc) is 2.41. The van der Waals surface area contributed by atoms with Crippen molar-refractivity contribution in [1.82, 2.24) is 4.90 Å². The topological polar surface area (TPSA) is 40.5 Å². The van der Waals surface area contributed by atoms with Gasteiger partial charge in [-0.05, 0) is 57.4 Å². The molecule has 1 aliphatic heterocycles. The van der Waals surface area contributed by atoms with Crippen LogP contribution in [0, 0.1) is 11.6 Å². The van der Waals surface area contributed by atoms with Gasteiger partial charge < -0.3 is 5.11 Å². The summed E-state index contributed by atoms with van der Waals surface area (Å²) in [6, 6.07) is 3.48. The van der Waals surface area contributed by atoms with Crippen molar-refractivity contribution in [3.05, 3.63) is 35.4 Å². The largest absolute Gasteiger partial charge is 0.480 e. The SMILES string of the molecule is CC(c1ccc(F)c(F)c1)N1CCCCC1(C)C(=O)O. The van der Waals surface area contributed by atoms with Crippen LogP contribution in [-0.2, 0) is 4.79 Å². The van der Waals surface area contributed by atoms with Crippen molar-refractivity contribution >= 4 is 5.97 Å². The maximum absolute atomic E-state index is 13.3. The molecular formula is C15H19F2NO2. The minimum atomic E-state index is -0.956. The summed E-state index contributed by atoms with van der Waals surface area (Å²) >= 11 is 0. The lowest BCUT2D eigenvalue weighted by atomic mass is 9.86. The first kappa shape index (κ1) is 14.9. The lowest BCUT2D eigenvalue weighted by Crippen LogP contribution is -2.55. The Morgan fingerprint density at radius 3 is 2.65 bits per heavy atom. The molecule has 1 N–H and O–H groups in total. The van der Waals surface area contributed by atoms with Gasteiger partial charge in [0.1, 0.15) is 5.54 Å². The summed E-state index contributed by atoms with van der Waals surface area (Å²) in [7, 11) is 0. The quantitative estimate of drug-likeness (QED) is 0.924. The summed E-state index contributed by atoms with van der Waals surface area (Å²) in [5.74, 6) is -2.66. The Morgan fingerprint density at radius 1 is 1.35 bits per heavy atom. The van der Waals surface area contributed by atoms with Gasteiger partial charge in [-0.15, -0.1) is 0 Å². The van der Waals surface area contributed by atoms with E-state index in [1.54, 1.807) is 6.92 Å². The van der Waals surface area contributed by atoms with E-state index >= 15 is 0 Å². The molecule has 2 rings (SSSR count). The lowest BCUT2D eigenvalue weighted by Gasteiger charge is -2.45. The van der Waals surface area contributed by atoms with Gasteiger partial charge in [0.15, 0.2) is 11.6 Å². The number of nitrogens with zero attached hydrogens (tertiary/aromatic N) is 1. The number of halogens is 2. The molecule has 2 unspecified atom stereocenters. The van der Waals surface area contributed by atoms with Gasteiger partial charge in [-0.1, -0.05) is 6.07 Å². The molecule has 20 heavy (non-hydrogen) atoms. The highest BCUT2D eigenvalue weighted by atomic mass is 19.2. The molecule has 5 heteroatoms. The number of hydrogen-bond donors (Lipinski definition) is 1. The Labute approximate surface area is 117 Å². The molecule has 1 aromatic carbocycles. The first-order valence-electron chi connectivity index (χ1n) is 6.81. The number of hydrogen-bond acceptors (Lipinski definition) is 2. The lowest BCUT2D eigenvalue weighted by molar-refractivity contribution is -0.155. The van der Waals surface area contributed by atoms with Crippen molar-refractivity contribution in [2.75, 3.05) is 6.54 Å². The molecule has 0 aliphatic carbocycles. The molecule has 1 heterocycles. The van der Waals surface area contributed by atoms with Crippen LogP contribution in [0.2, 0.25) is 0 Å². The number of rotatable bonds is 3. The second-order valence-corrected chi connectivity index (χ2v) is 5.58. The Balaban J connectivity index is 2.32. The van der Waals surface area contributed by atoms with Gasteiger partial charge in [0.2, 0.25) is 0 Å². The minimum absolute atomic E-state index is 0.272. The number of benzene rings is 1. The van der Waals surface area contributed by atoms with E-state index in [9.17, 15) is 18.7 Å². The second kappa shape index (κ2) is 5.48. The Bertz CT molecular complexity index is 521. The number of carboxylic acids is 1. The normalized spacial score (nSPS) is 25.4. The molecule has 0 aromatic heterocycles. The van der Waals surface area contributed by atoms with Crippen molar-refractivity contribution in [3.8, 4) is 0 Å². The summed E-state index contributed by atoms with van der Waals surface area (Å²) in [4.78, 5) is 13.4. The molecule has 0 radical (unpaired) electrons. The maximum Gasteiger partial charge on any atom is 0.323 e. The van der Waals surface area contributed by atoms with Crippen LogP contribution in [0.25, 0.3) is 0 Å². The molecule has 110 valence electrons. The van der Waals surface area contributed by atoms with Gasteiger partial charge >= 0.3 is 5.97 Å². The fourth-order valence-electron chi connectivity index (χ4n) is 2.94. The summed E-state index contributed by atoms with van der Waals surface area (Å²) in [5, 5.41) is 9.49. The maximum atomic E-state index is 13.3. The highest BCUT2D eigenvalue weighted by molar-refractivity contribution is 5.78. The highest BCUT2D eigenvalue weighted by Crippen LogP contribution is 2.36. The smallest absolute Gasteiger partial charge is 0.323 e. The number of aliphatic carboxylic acids is 1. The zero-order valence-corrected chi connectivity index (χ0v) is 11.7. The zero-order chi connectivity index (χ0) is 14.9. The van der Waals surface area contributed by atoms with Gasteiger partial charge in [-0.3, -0.25) is 9.69 Å². The van der Waals surface area contributed by atoms with Crippen LogP contribution in [-0.4, -0.2) is 28.1 Å². The second-order valence-electron chi connectivity index (χ2n) is 5.58. The number of carboxylic acid groups (broad SMARTS) is 1. The van der Waals surface area contributed by atoms with E-state index < -0.39 is 23.1 Å². The van der Waals surface area contributed by atoms with Gasteiger partial charge in [0.25, 0.3) is 0 Å². The fourth-order valence-corrected chi connectivity index (χ4v) is 2.94. The van der Waals surface area contributed by atoms with E-state index in [1.807, 2.05) is 11.8 Å². The van der Waals surface area contributed by atoms with Gasteiger partial charge in [-0.25, -0.2) is 8.78 Å². The molecule has 1 aliphatic rings. The standard InChI is InChI=1S/C15H19F2NO2/c1-10(11-5-6-12(16)13(17)9-11)18-8-4-3-7-15(18,2)14(19)20/h5-6,9-10H,3-4,7-8H2,1-2H3,(H,19,20). The molecule has 0 amide bonds. The first-order chi connectivity index (χ1) is 9.36. The summed E-state index contributed by atoms with van der Waals surface area (Å²) in [5.41, 5.74) is -0.360. The predicted molar refractivity (Wildman–Crippen MR) is 71.4 cm³/mol. The van der Waals surface area contributed by atoms with Crippen molar-refractivity contribution in [2.45, 2.75) is 44.7 Å². The predicted octanol–water partition coefficient (Wildman–Crippen LogP) is 3.36. The van der Waals surface area contributed by atoms with Crippen molar-refractivity contribution in [3.63, 3.8) is 0 Å². The number of likely N-dealkylation sites (tertiary alicyclic amines) is 1. The molecule has 1 aromatic rings. The number of carbonyl (C=O) groups is 1. The summed E-state index contributed by atoms with van der Waals surface area (Å²) < 4.78 is 26.3. The molecule has 0 spiro atoms. The van der Waals surface area contributed by atoms with E-state index in [1.165, 1.54) is 6.07 Å². The van der Waals surface area contributed by atoms with Crippen molar-refractivity contribution < 1.29 is 18.7 Å². The van der Waals surface area contributed by atoms with E-state index in [0.29, 0.717) is 18.5 Å². The van der Waals surface area contributed by atoms with Crippen LogP contribution in [0.15, 0.2) is 18.2 Å². The molecule has 1 saturated heterocycles. The summed E-state index contributed by atoms with van der Waals surface area (Å²) in [6.45, 7) is 4.17. The molecule has 2 atom stereocenters. The molecule has 0 saturated carbocycles. The Morgan fingerprint density at radius 2 is 2.05 bits per heavy atom. The summed E-state index contributed by atoms with van der Waals surface area (Å²) in [6.07, 6.45) is 2.34. The number of piperidine rings is 1. The van der Waals surface area contributed by atoms with Gasteiger partial charge in [-0.2, -0.15) is 0 Å². The fraction of sp³-hybridized carbons (Fsp3) is 0.533. The average molecular weight is 283 g/mol. The van der Waals surface area contributed by atoms with Crippen molar-refractivity contribution in [2.24, 2.45) is 0 Å². The van der Waals surface area contributed by atoms with Crippen molar-refractivity contribution in [1.29, 1.82) is 0 Å². The van der Waals surface area contributed by atoms with E-state index in [2.05, 4.69) is 0 Å².